The molecule has 0 N–H and O–H groups in total. The maximum absolute atomic E-state index is 5.40. The molecule has 0 heterocycles. The van der Waals surface area contributed by atoms with Crippen LogP contribution >= 0.6 is 56.6 Å². The van der Waals surface area contributed by atoms with E-state index in [1.807, 2.05) is 0 Å². The predicted octanol–water partition coefficient (Wildman–Crippen LogP) is 4.45. The van der Waals surface area contributed by atoms with Gasteiger partial charge in [-0.1, -0.05) is 51.3 Å². The van der Waals surface area contributed by atoms with Crippen LogP contribution in [0.15, 0.2) is 0 Å². The van der Waals surface area contributed by atoms with E-state index < -0.39 is 11.6 Å². The van der Waals surface area contributed by atoms with Gasteiger partial charge in [0.1, 0.15) is 11.6 Å². The highest BCUT2D eigenvalue weighted by Gasteiger charge is 2.14. The molecule has 0 saturated heterocycles. The van der Waals surface area contributed by atoms with Gasteiger partial charge in [-0.2, -0.15) is 0 Å². The normalized spacial score (nSPS) is 12.7. The molecule has 0 rings (SSSR count). The SMILES string of the molecule is C=P(Cl)(Cl)P(Cl)Cl. The van der Waals surface area contributed by atoms with Crippen LogP contribution in [-0.2, 0) is 0 Å². The lowest BCUT2D eigenvalue weighted by Crippen LogP contribution is -1.37. The van der Waals surface area contributed by atoms with Gasteiger partial charge in [-0.15, -0.1) is 0 Å². The first-order valence-corrected chi connectivity index (χ1v) is 8.83. The molecule has 0 unspecified atom stereocenters. The lowest BCUT2D eigenvalue weighted by Gasteiger charge is -2.03. The lowest BCUT2D eigenvalue weighted by atomic mass is 12.0. The number of hydrogen-bond acceptors (Lipinski definition) is 0. The summed E-state index contributed by atoms with van der Waals surface area (Å²) in [7, 11) is 0. The van der Waals surface area contributed by atoms with Gasteiger partial charge in [-0.05, 0) is 0 Å². The second kappa shape index (κ2) is 3.16. The van der Waals surface area contributed by atoms with E-state index in [-0.39, 0.29) is 0 Å². The van der Waals surface area contributed by atoms with Crippen LogP contribution in [0.4, 0.5) is 0 Å². The van der Waals surface area contributed by atoms with Crippen molar-refractivity contribution >= 4 is 62.9 Å². The Morgan fingerprint density at radius 1 is 1.29 bits per heavy atom. The third-order valence-corrected chi connectivity index (χ3v) is 12.1. The second-order valence-electron chi connectivity index (χ2n) is 0.811. The molecule has 0 aromatic rings. The van der Waals surface area contributed by atoms with Crippen molar-refractivity contribution in [2.75, 3.05) is 0 Å². The minimum absolute atomic E-state index is 1.27. The standard InChI is InChI=1S/CH2Cl4P2/c1-7(4,5)6(2)3/h1H2. The molecule has 44 valence electrons. The molecule has 0 aromatic carbocycles. The molecule has 0 nitrogen and oxygen atoms in total. The quantitative estimate of drug-likeness (QED) is 0.570. The molecular weight excluding hydrogens is 216 g/mol. The molecule has 0 aliphatic heterocycles. The molecule has 0 atom stereocenters. The Morgan fingerprint density at radius 3 is 1.43 bits per heavy atom. The summed E-state index contributed by atoms with van der Waals surface area (Å²) < 4.78 is 0. The molecule has 0 bridgehead atoms. The van der Waals surface area contributed by atoms with Crippen molar-refractivity contribution in [1.82, 2.24) is 0 Å². The van der Waals surface area contributed by atoms with Crippen LogP contribution in [0.25, 0.3) is 0 Å². The number of halogens is 4. The van der Waals surface area contributed by atoms with Crippen molar-refractivity contribution in [1.29, 1.82) is 0 Å². The van der Waals surface area contributed by atoms with Crippen LogP contribution in [0.5, 0.6) is 0 Å². The van der Waals surface area contributed by atoms with Crippen molar-refractivity contribution in [3.63, 3.8) is 0 Å². The zero-order valence-corrected chi connectivity index (χ0v) is 7.93. The van der Waals surface area contributed by atoms with E-state index in [9.17, 15) is 0 Å². The van der Waals surface area contributed by atoms with Gasteiger partial charge in [0.2, 0.25) is 0 Å². The molecule has 0 aromatic heterocycles. The summed E-state index contributed by atoms with van der Waals surface area (Å²) in [5.74, 6) is 0. The van der Waals surface area contributed by atoms with Gasteiger partial charge in [-0.3, -0.25) is 0 Å². The summed E-state index contributed by atoms with van der Waals surface area (Å²) in [6.07, 6.45) is 2.11. The number of hydrogen-bond donors (Lipinski definition) is 0. The van der Waals surface area contributed by atoms with Crippen molar-refractivity contribution in [3.05, 3.63) is 0 Å². The largest absolute Gasteiger partial charge is 0.138 e. The van der Waals surface area contributed by atoms with E-state index in [1.54, 1.807) is 0 Å². The van der Waals surface area contributed by atoms with Crippen LogP contribution in [-0.4, -0.2) is 6.30 Å². The van der Waals surface area contributed by atoms with Crippen LogP contribution in [0.3, 0.4) is 0 Å². The molecule has 6 heteroatoms. The van der Waals surface area contributed by atoms with E-state index in [0.29, 0.717) is 0 Å². The molecule has 0 aliphatic rings. The van der Waals surface area contributed by atoms with Gasteiger partial charge >= 0.3 is 0 Å². The van der Waals surface area contributed by atoms with E-state index >= 15 is 0 Å². The minimum atomic E-state index is -2.20. The van der Waals surface area contributed by atoms with E-state index in [4.69, 9.17) is 45.0 Å². The molecule has 7 heavy (non-hydrogen) atoms. The van der Waals surface area contributed by atoms with Gasteiger partial charge in [0.25, 0.3) is 0 Å². The molecule has 0 saturated carbocycles. The van der Waals surface area contributed by atoms with Crippen molar-refractivity contribution in [3.8, 4) is 0 Å². The second-order valence-corrected chi connectivity index (χ2v) is 15.0. The zero-order chi connectivity index (χ0) is 6.08. The van der Waals surface area contributed by atoms with Gasteiger partial charge in [-0.25, -0.2) is 0 Å². The zero-order valence-electron chi connectivity index (χ0n) is 3.11. The highest BCUT2D eigenvalue weighted by atomic mass is 36.0. The summed E-state index contributed by atoms with van der Waals surface area (Å²) >= 11 is 21.4. The highest BCUT2D eigenvalue weighted by molar-refractivity contribution is 8.70. The molecule has 0 aliphatic carbocycles. The summed E-state index contributed by atoms with van der Waals surface area (Å²) in [5.41, 5.74) is 0. The van der Waals surface area contributed by atoms with E-state index in [2.05, 4.69) is 6.30 Å². The third-order valence-electron chi connectivity index (χ3n) is 0.221. The molecule has 0 spiro atoms. The summed E-state index contributed by atoms with van der Waals surface area (Å²) in [6.45, 7) is 0. The summed E-state index contributed by atoms with van der Waals surface area (Å²) in [5, 5.41) is -2.20. The van der Waals surface area contributed by atoms with E-state index in [0.717, 1.165) is 0 Å². The molecule has 0 radical (unpaired) electrons. The van der Waals surface area contributed by atoms with Crippen LogP contribution < -0.4 is 0 Å². The topological polar surface area (TPSA) is 0 Å². The monoisotopic (exact) mass is 216 g/mol. The summed E-state index contributed by atoms with van der Waals surface area (Å²) in [6, 6.07) is 0. The van der Waals surface area contributed by atoms with Crippen LogP contribution in [0, 0.1) is 0 Å². The van der Waals surface area contributed by atoms with Crippen molar-refractivity contribution in [2.45, 2.75) is 0 Å². The first kappa shape index (κ1) is 8.89. The Morgan fingerprint density at radius 2 is 1.43 bits per heavy atom. The molecule has 0 amide bonds. The Kier molecular flexibility index (Phi) is 4.01. The van der Waals surface area contributed by atoms with Crippen LogP contribution in [0.2, 0.25) is 0 Å². The Balaban J connectivity index is 3.80. The van der Waals surface area contributed by atoms with Crippen LogP contribution in [0.1, 0.15) is 0 Å². The predicted molar refractivity (Wildman–Crippen MR) is 44.4 cm³/mol. The van der Waals surface area contributed by atoms with Crippen molar-refractivity contribution < 1.29 is 0 Å². The van der Waals surface area contributed by atoms with E-state index in [1.165, 1.54) is 0 Å². The average molecular weight is 218 g/mol. The fourth-order valence-electron chi connectivity index (χ4n) is 0. The van der Waals surface area contributed by atoms with Gasteiger partial charge < -0.3 is 0 Å². The molecular formula is CH2Cl4P2. The number of rotatable bonds is 1. The maximum Gasteiger partial charge on any atom is 0.138 e. The highest BCUT2D eigenvalue weighted by Crippen LogP contribution is 2.87. The van der Waals surface area contributed by atoms with Gasteiger partial charge in [0.15, 0.2) is 0 Å². The Hall–Kier alpha value is 1.89. The average Bonchev–Trinajstić information content (AvgIpc) is 1.31. The smallest absolute Gasteiger partial charge is 0.0739 e. The van der Waals surface area contributed by atoms with Gasteiger partial charge in [0, 0.05) is 0 Å². The summed E-state index contributed by atoms with van der Waals surface area (Å²) in [4.78, 5) is 0. The Labute approximate surface area is 62.9 Å². The molecule has 0 fully saturated rings. The first-order chi connectivity index (χ1) is 2.94. The maximum atomic E-state index is 5.40. The fraction of sp³-hybridized carbons (Fsp3) is 0. The minimum Gasteiger partial charge on any atom is -0.0739 e. The fourth-order valence-corrected chi connectivity index (χ4v) is 0. The van der Waals surface area contributed by atoms with Gasteiger partial charge in [0.05, 0.1) is 0 Å². The van der Waals surface area contributed by atoms with Crippen molar-refractivity contribution in [2.24, 2.45) is 0 Å². The lowest BCUT2D eigenvalue weighted by molar-refractivity contribution is 4.27. The third kappa shape index (κ3) is 4.40. The first-order valence-electron chi connectivity index (χ1n) is 1.19. The Bertz CT molecular complexity index is 91.9.